The smallest absolute Gasteiger partial charge is 0.268 e. The Hall–Kier alpha value is -2.33. The third-order valence-electron chi connectivity index (χ3n) is 3.44. The van der Waals surface area contributed by atoms with Gasteiger partial charge in [0.15, 0.2) is 0 Å². The van der Waals surface area contributed by atoms with Crippen LogP contribution in [-0.2, 0) is 13.6 Å². The van der Waals surface area contributed by atoms with E-state index in [4.69, 9.17) is 11.6 Å². The molecule has 1 N–H and O–H groups in total. The van der Waals surface area contributed by atoms with Crippen LogP contribution in [0.2, 0.25) is 5.02 Å². The lowest BCUT2D eigenvalue weighted by Gasteiger charge is -2.06. The Morgan fingerprint density at radius 3 is 2.90 bits per heavy atom. The number of amides is 1. The molecule has 2 aromatic heterocycles. The van der Waals surface area contributed by atoms with Crippen molar-refractivity contribution in [1.29, 1.82) is 0 Å². The lowest BCUT2D eigenvalue weighted by atomic mass is 10.2. The normalized spacial score (nSPS) is 10.8. The molecule has 4 nitrogen and oxygen atoms in total. The number of aromatic nitrogens is 2. The van der Waals surface area contributed by atoms with Gasteiger partial charge in [0.1, 0.15) is 5.69 Å². The number of carbonyl (C=O) groups is 1. The quantitative estimate of drug-likeness (QED) is 0.807. The zero-order valence-electron chi connectivity index (χ0n) is 11.5. The molecule has 3 aromatic rings. The molecule has 0 saturated heterocycles. The first-order chi connectivity index (χ1) is 10.2. The zero-order valence-corrected chi connectivity index (χ0v) is 12.3. The van der Waals surface area contributed by atoms with Crippen LogP contribution in [0.5, 0.6) is 0 Å². The van der Waals surface area contributed by atoms with E-state index in [9.17, 15) is 4.79 Å². The van der Waals surface area contributed by atoms with E-state index in [1.54, 1.807) is 12.4 Å². The summed E-state index contributed by atoms with van der Waals surface area (Å²) in [6.07, 6.45) is 3.44. The average molecular weight is 300 g/mol. The molecule has 0 bridgehead atoms. The maximum atomic E-state index is 12.3. The molecule has 0 saturated carbocycles. The molecule has 106 valence electrons. The van der Waals surface area contributed by atoms with Crippen molar-refractivity contribution in [1.82, 2.24) is 14.9 Å². The van der Waals surface area contributed by atoms with E-state index in [0.29, 0.717) is 17.3 Å². The van der Waals surface area contributed by atoms with Gasteiger partial charge in [0.25, 0.3) is 5.91 Å². The second-order valence-electron chi connectivity index (χ2n) is 4.81. The van der Waals surface area contributed by atoms with E-state index in [-0.39, 0.29) is 5.91 Å². The molecular weight excluding hydrogens is 286 g/mol. The minimum absolute atomic E-state index is 0.131. The van der Waals surface area contributed by atoms with Gasteiger partial charge in [0, 0.05) is 41.9 Å². The molecule has 5 heteroatoms. The van der Waals surface area contributed by atoms with Gasteiger partial charge in [-0.05, 0) is 29.8 Å². The summed E-state index contributed by atoms with van der Waals surface area (Å²) in [6, 6.07) is 11.2. The van der Waals surface area contributed by atoms with Crippen LogP contribution in [-0.4, -0.2) is 15.5 Å². The Balaban J connectivity index is 1.85. The van der Waals surface area contributed by atoms with E-state index < -0.39 is 0 Å². The highest BCUT2D eigenvalue weighted by molar-refractivity contribution is 6.35. The predicted octanol–water partition coefficient (Wildman–Crippen LogP) is 3.16. The number of fused-ring (bicyclic) bond motifs is 1. The first kappa shape index (κ1) is 13.6. The molecule has 0 aliphatic rings. The van der Waals surface area contributed by atoms with E-state index in [1.807, 2.05) is 48.0 Å². The SMILES string of the molecule is Cn1c(C(=O)NCc2cccnc2)cc2c(Cl)cccc21. The standard InChI is InChI=1S/C16H14ClN3O/c1-20-14-6-2-5-13(17)12(14)8-15(20)16(21)19-10-11-4-3-7-18-9-11/h2-9H,10H2,1H3,(H,19,21). The number of benzene rings is 1. The summed E-state index contributed by atoms with van der Waals surface area (Å²) < 4.78 is 1.85. The molecule has 0 fully saturated rings. The van der Waals surface area contributed by atoms with Crippen molar-refractivity contribution in [2.24, 2.45) is 7.05 Å². The van der Waals surface area contributed by atoms with Crippen molar-refractivity contribution < 1.29 is 4.79 Å². The molecule has 0 spiro atoms. The van der Waals surface area contributed by atoms with Crippen LogP contribution in [0, 0.1) is 0 Å². The highest BCUT2D eigenvalue weighted by Crippen LogP contribution is 2.26. The molecule has 0 aliphatic heterocycles. The van der Waals surface area contributed by atoms with E-state index in [1.165, 1.54) is 0 Å². The fraction of sp³-hybridized carbons (Fsp3) is 0.125. The molecule has 3 rings (SSSR count). The third kappa shape index (κ3) is 2.62. The number of aryl methyl sites for hydroxylation is 1. The zero-order chi connectivity index (χ0) is 14.8. The minimum atomic E-state index is -0.131. The summed E-state index contributed by atoms with van der Waals surface area (Å²) >= 11 is 6.17. The number of nitrogens with one attached hydrogen (secondary N) is 1. The molecule has 21 heavy (non-hydrogen) atoms. The molecule has 1 aromatic carbocycles. The van der Waals surface area contributed by atoms with E-state index in [2.05, 4.69) is 10.3 Å². The average Bonchev–Trinajstić information content (AvgIpc) is 2.85. The molecular formula is C16H14ClN3O. The van der Waals surface area contributed by atoms with E-state index >= 15 is 0 Å². The topological polar surface area (TPSA) is 46.9 Å². The van der Waals surface area contributed by atoms with Crippen LogP contribution < -0.4 is 5.32 Å². The van der Waals surface area contributed by atoms with Crippen LogP contribution in [0.25, 0.3) is 10.9 Å². The van der Waals surface area contributed by atoms with Crippen LogP contribution in [0.3, 0.4) is 0 Å². The van der Waals surface area contributed by atoms with Gasteiger partial charge in [-0.1, -0.05) is 23.7 Å². The molecule has 0 unspecified atom stereocenters. The third-order valence-corrected chi connectivity index (χ3v) is 3.77. The van der Waals surface area contributed by atoms with Crippen LogP contribution in [0.1, 0.15) is 16.1 Å². The first-order valence-corrected chi connectivity index (χ1v) is 6.95. The lowest BCUT2D eigenvalue weighted by molar-refractivity contribution is 0.0943. The maximum Gasteiger partial charge on any atom is 0.268 e. The summed E-state index contributed by atoms with van der Waals surface area (Å²) in [6.45, 7) is 0.446. The fourth-order valence-electron chi connectivity index (χ4n) is 2.32. The second-order valence-corrected chi connectivity index (χ2v) is 5.21. The second kappa shape index (κ2) is 5.58. The largest absolute Gasteiger partial charge is 0.347 e. The number of carbonyl (C=O) groups excluding carboxylic acids is 1. The monoisotopic (exact) mass is 299 g/mol. The summed E-state index contributed by atoms with van der Waals surface area (Å²) in [7, 11) is 1.86. The predicted molar refractivity (Wildman–Crippen MR) is 83.3 cm³/mol. The Kier molecular flexibility index (Phi) is 3.62. The van der Waals surface area contributed by atoms with Crippen molar-refractivity contribution >= 4 is 28.4 Å². The molecule has 0 radical (unpaired) electrons. The minimum Gasteiger partial charge on any atom is -0.347 e. The molecule has 2 heterocycles. The van der Waals surface area contributed by atoms with Gasteiger partial charge in [0.05, 0.1) is 0 Å². The first-order valence-electron chi connectivity index (χ1n) is 6.58. The summed E-state index contributed by atoms with van der Waals surface area (Å²) in [5.41, 5.74) is 2.48. The maximum absolute atomic E-state index is 12.3. The molecule has 0 atom stereocenters. The Morgan fingerprint density at radius 1 is 1.33 bits per heavy atom. The van der Waals surface area contributed by atoms with Crippen LogP contribution in [0.4, 0.5) is 0 Å². The number of rotatable bonds is 3. The van der Waals surface area contributed by atoms with Gasteiger partial charge in [0.2, 0.25) is 0 Å². The van der Waals surface area contributed by atoms with Crippen molar-refractivity contribution in [2.75, 3.05) is 0 Å². The highest BCUT2D eigenvalue weighted by Gasteiger charge is 2.14. The summed E-state index contributed by atoms with van der Waals surface area (Å²) in [4.78, 5) is 16.3. The van der Waals surface area contributed by atoms with Crippen molar-refractivity contribution in [2.45, 2.75) is 6.54 Å². The fourth-order valence-corrected chi connectivity index (χ4v) is 2.54. The summed E-state index contributed by atoms with van der Waals surface area (Å²) in [5.74, 6) is -0.131. The molecule has 0 aliphatic carbocycles. The highest BCUT2D eigenvalue weighted by atomic mass is 35.5. The van der Waals surface area contributed by atoms with Gasteiger partial charge in [-0.3, -0.25) is 9.78 Å². The van der Waals surface area contributed by atoms with Gasteiger partial charge in [-0.25, -0.2) is 0 Å². The number of halogens is 1. The van der Waals surface area contributed by atoms with Gasteiger partial charge < -0.3 is 9.88 Å². The van der Waals surface area contributed by atoms with Crippen molar-refractivity contribution in [3.05, 3.63) is 65.1 Å². The summed E-state index contributed by atoms with van der Waals surface area (Å²) in [5, 5.41) is 4.42. The Labute approximate surface area is 127 Å². The van der Waals surface area contributed by atoms with Gasteiger partial charge in [-0.15, -0.1) is 0 Å². The number of nitrogens with zero attached hydrogens (tertiary/aromatic N) is 2. The van der Waals surface area contributed by atoms with Crippen molar-refractivity contribution in [3.8, 4) is 0 Å². The van der Waals surface area contributed by atoms with E-state index in [0.717, 1.165) is 16.5 Å². The number of hydrogen-bond acceptors (Lipinski definition) is 2. The number of hydrogen-bond donors (Lipinski definition) is 1. The molecule has 1 amide bonds. The van der Waals surface area contributed by atoms with Gasteiger partial charge in [-0.2, -0.15) is 0 Å². The lowest BCUT2D eigenvalue weighted by Crippen LogP contribution is -2.24. The Morgan fingerprint density at radius 2 is 2.19 bits per heavy atom. The van der Waals surface area contributed by atoms with Crippen molar-refractivity contribution in [3.63, 3.8) is 0 Å². The Bertz CT molecular complexity index is 796. The van der Waals surface area contributed by atoms with Gasteiger partial charge >= 0.3 is 0 Å². The number of pyridine rings is 1. The van der Waals surface area contributed by atoms with Crippen LogP contribution in [0.15, 0.2) is 48.8 Å². The van der Waals surface area contributed by atoms with Crippen LogP contribution >= 0.6 is 11.6 Å².